The Balaban J connectivity index is 1.71. The molecule has 2 heterocycles. The maximum Gasteiger partial charge on any atom is 0.250 e. The first kappa shape index (κ1) is 21.1. The molecular formula is C18H19ClN2O4S3. The number of thiophene rings is 1. The third-order valence-electron chi connectivity index (χ3n) is 3.98. The average Bonchev–Trinajstić information content (AvgIpc) is 3.27. The number of benzene rings is 1. The predicted octanol–water partition coefficient (Wildman–Crippen LogP) is 4.37. The molecule has 0 unspecified atom stereocenters. The van der Waals surface area contributed by atoms with E-state index in [2.05, 4.69) is 9.71 Å². The van der Waals surface area contributed by atoms with E-state index >= 15 is 0 Å². The van der Waals surface area contributed by atoms with Crippen LogP contribution in [-0.4, -0.2) is 34.2 Å². The van der Waals surface area contributed by atoms with Crippen LogP contribution in [0.3, 0.4) is 0 Å². The molecule has 0 bridgehead atoms. The van der Waals surface area contributed by atoms with E-state index in [0.29, 0.717) is 22.3 Å². The predicted molar refractivity (Wildman–Crippen MR) is 114 cm³/mol. The lowest BCUT2D eigenvalue weighted by Crippen LogP contribution is -2.25. The van der Waals surface area contributed by atoms with Crippen molar-refractivity contribution in [2.45, 2.75) is 17.6 Å². The van der Waals surface area contributed by atoms with Gasteiger partial charge in [-0.15, -0.1) is 22.7 Å². The summed E-state index contributed by atoms with van der Waals surface area (Å²) in [7, 11) is -0.365. The van der Waals surface area contributed by atoms with Crippen LogP contribution in [0.2, 0.25) is 4.34 Å². The van der Waals surface area contributed by atoms with Crippen LogP contribution in [0.15, 0.2) is 34.5 Å². The lowest BCUT2D eigenvalue weighted by Gasteiger charge is -2.08. The number of aryl methyl sites for hydroxylation is 1. The molecule has 28 heavy (non-hydrogen) atoms. The summed E-state index contributed by atoms with van der Waals surface area (Å²) in [4.78, 5) is 5.64. The third-order valence-corrected chi connectivity index (χ3v) is 8.43. The van der Waals surface area contributed by atoms with E-state index in [1.54, 1.807) is 20.3 Å². The summed E-state index contributed by atoms with van der Waals surface area (Å²) < 4.78 is 38.4. The monoisotopic (exact) mass is 458 g/mol. The molecule has 6 nitrogen and oxygen atoms in total. The first-order valence-electron chi connectivity index (χ1n) is 8.27. The minimum Gasteiger partial charge on any atom is -0.493 e. The van der Waals surface area contributed by atoms with Crippen LogP contribution >= 0.6 is 34.3 Å². The van der Waals surface area contributed by atoms with Gasteiger partial charge in [0.2, 0.25) is 10.0 Å². The largest absolute Gasteiger partial charge is 0.493 e. The Morgan fingerprint density at radius 3 is 2.50 bits per heavy atom. The van der Waals surface area contributed by atoms with Crippen molar-refractivity contribution in [3.8, 4) is 22.1 Å². The number of hydrogen-bond donors (Lipinski definition) is 1. The van der Waals surface area contributed by atoms with Gasteiger partial charge in [-0.3, -0.25) is 0 Å². The fourth-order valence-corrected chi connectivity index (χ4v) is 6.18. The maximum absolute atomic E-state index is 12.3. The standard InChI is InChI=1S/C18H19ClN2O4S3/c1-11-15(8-9-20-28(22,23)17-7-6-16(19)27-17)26-18(21-11)12-4-5-13(24-2)14(10-12)25-3/h4-7,10,20H,8-9H2,1-3H3. The summed E-state index contributed by atoms with van der Waals surface area (Å²) in [6.45, 7) is 2.20. The highest BCUT2D eigenvalue weighted by molar-refractivity contribution is 7.91. The van der Waals surface area contributed by atoms with Crippen LogP contribution in [-0.2, 0) is 16.4 Å². The van der Waals surface area contributed by atoms with Gasteiger partial charge in [0, 0.05) is 17.0 Å². The van der Waals surface area contributed by atoms with Gasteiger partial charge >= 0.3 is 0 Å². The molecule has 10 heteroatoms. The van der Waals surface area contributed by atoms with E-state index in [-0.39, 0.29) is 10.8 Å². The molecule has 0 spiro atoms. The summed E-state index contributed by atoms with van der Waals surface area (Å²) in [6.07, 6.45) is 0.551. The Morgan fingerprint density at radius 2 is 1.86 bits per heavy atom. The van der Waals surface area contributed by atoms with Crippen molar-refractivity contribution < 1.29 is 17.9 Å². The van der Waals surface area contributed by atoms with Crippen molar-refractivity contribution in [3.63, 3.8) is 0 Å². The fraction of sp³-hybridized carbons (Fsp3) is 0.278. The molecule has 3 rings (SSSR count). The van der Waals surface area contributed by atoms with E-state index in [4.69, 9.17) is 21.1 Å². The minimum atomic E-state index is -3.55. The second-order valence-corrected chi connectivity index (χ2v) is 10.6. The third kappa shape index (κ3) is 4.66. The van der Waals surface area contributed by atoms with Crippen LogP contribution in [0.4, 0.5) is 0 Å². The molecule has 0 amide bonds. The molecule has 1 aromatic carbocycles. The van der Waals surface area contributed by atoms with Gasteiger partial charge in [-0.1, -0.05) is 11.6 Å². The summed E-state index contributed by atoms with van der Waals surface area (Å²) in [5.41, 5.74) is 1.80. The summed E-state index contributed by atoms with van der Waals surface area (Å²) in [5, 5.41) is 0.848. The summed E-state index contributed by atoms with van der Waals surface area (Å²) in [5.74, 6) is 1.29. The maximum atomic E-state index is 12.3. The first-order chi connectivity index (χ1) is 13.3. The van der Waals surface area contributed by atoms with Gasteiger partial charge in [0.15, 0.2) is 11.5 Å². The Morgan fingerprint density at radius 1 is 1.11 bits per heavy atom. The summed E-state index contributed by atoms with van der Waals surface area (Å²) in [6, 6.07) is 8.72. The van der Waals surface area contributed by atoms with Crippen LogP contribution in [0.5, 0.6) is 11.5 Å². The molecule has 3 aromatic rings. The van der Waals surface area contributed by atoms with Crippen molar-refractivity contribution in [2.75, 3.05) is 20.8 Å². The van der Waals surface area contributed by atoms with E-state index < -0.39 is 10.0 Å². The van der Waals surface area contributed by atoms with Gasteiger partial charge in [0.25, 0.3) is 0 Å². The van der Waals surface area contributed by atoms with Crippen molar-refractivity contribution >= 4 is 44.3 Å². The van der Waals surface area contributed by atoms with Crippen molar-refractivity contribution in [2.24, 2.45) is 0 Å². The van der Waals surface area contributed by atoms with Crippen LogP contribution in [0.1, 0.15) is 10.6 Å². The Kier molecular flexibility index (Phi) is 6.61. The normalized spacial score (nSPS) is 11.6. The van der Waals surface area contributed by atoms with E-state index in [1.165, 1.54) is 17.4 Å². The molecule has 1 N–H and O–H groups in total. The van der Waals surface area contributed by atoms with Crippen molar-refractivity contribution in [1.82, 2.24) is 9.71 Å². The molecule has 0 aliphatic heterocycles. The minimum absolute atomic E-state index is 0.213. The van der Waals surface area contributed by atoms with E-state index in [0.717, 1.165) is 32.5 Å². The summed E-state index contributed by atoms with van der Waals surface area (Å²) >= 11 is 8.39. The number of rotatable bonds is 8. The number of aromatic nitrogens is 1. The van der Waals surface area contributed by atoms with Gasteiger partial charge in [0.05, 0.1) is 24.2 Å². The number of methoxy groups -OCH3 is 2. The molecule has 0 atom stereocenters. The topological polar surface area (TPSA) is 77.5 Å². The molecule has 2 aromatic heterocycles. The lowest BCUT2D eigenvalue weighted by molar-refractivity contribution is 0.355. The van der Waals surface area contributed by atoms with Crippen LogP contribution in [0, 0.1) is 6.92 Å². The number of ether oxygens (including phenoxy) is 2. The number of nitrogens with zero attached hydrogens (tertiary/aromatic N) is 1. The van der Waals surface area contributed by atoms with Crippen molar-refractivity contribution in [3.05, 3.63) is 45.2 Å². The molecule has 0 fully saturated rings. The number of sulfonamides is 1. The highest BCUT2D eigenvalue weighted by Gasteiger charge is 2.17. The zero-order chi connectivity index (χ0) is 20.3. The van der Waals surface area contributed by atoms with Gasteiger partial charge in [-0.2, -0.15) is 0 Å². The Labute approximate surface area is 177 Å². The fourth-order valence-electron chi connectivity index (χ4n) is 2.56. The molecule has 0 aliphatic rings. The van der Waals surface area contributed by atoms with Gasteiger partial charge in [-0.25, -0.2) is 18.1 Å². The van der Waals surface area contributed by atoms with Crippen molar-refractivity contribution in [1.29, 1.82) is 0 Å². The highest BCUT2D eigenvalue weighted by atomic mass is 35.5. The molecule has 150 valence electrons. The average molecular weight is 459 g/mol. The number of hydrogen-bond acceptors (Lipinski definition) is 7. The lowest BCUT2D eigenvalue weighted by atomic mass is 10.2. The molecule has 0 saturated heterocycles. The molecule has 0 radical (unpaired) electrons. The first-order valence-corrected chi connectivity index (χ1v) is 11.8. The van der Waals surface area contributed by atoms with E-state index in [9.17, 15) is 8.42 Å². The SMILES string of the molecule is COc1ccc(-c2nc(C)c(CCNS(=O)(=O)c3ccc(Cl)s3)s2)cc1OC. The molecule has 0 aliphatic carbocycles. The number of thiazole rings is 1. The molecular weight excluding hydrogens is 440 g/mol. The zero-order valence-electron chi connectivity index (χ0n) is 15.5. The smallest absolute Gasteiger partial charge is 0.250 e. The second kappa shape index (κ2) is 8.79. The Bertz CT molecular complexity index is 1080. The van der Waals surface area contributed by atoms with E-state index in [1.807, 2.05) is 25.1 Å². The quantitative estimate of drug-likeness (QED) is 0.542. The molecule has 0 saturated carbocycles. The van der Waals surface area contributed by atoms with Gasteiger partial charge in [-0.05, 0) is 43.7 Å². The zero-order valence-corrected chi connectivity index (χ0v) is 18.7. The number of nitrogens with one attached hydrogen (secondary N) is 1. The second-order valence-electron chi connectivity index (χ2n) is 5.80. The van der Waals surface area contributed by atoms with Crippen LogP contribution in [0.25, 0.3) is 10.6 Å². The van der Waals surface area contributed by atoms with Gasteiger partial charge < -0.3 is 9.47 Å². The van der Waals surface area contributed by atoms with Gasteiger partial charge in [0.1, 0.15) is 9.22 Å². The number of halogens is 1. The Hall–Kier alpha value is -1.65. The van der Waals surface area contributed by atoms with Crippen LogP contribution < -0.4 is 14.2 Å². The highest BCUT2D eigenvalue weighted by Crippen LogP contribution is 2.35.